The molecule has 4 aromatic rings. The molecule has 0 saturated carbocycles. The summed E-state index contributed by atoms with van der Waals surface area (Å²) in [5, 5.41) is 51.0. The number of rotatable bonds is 8. The van der Waals surface area contributed by atoms with Crippen molar-refractivity contribution in [2.24, 2.45) is 10.2 Å². The maximum atomic E-state index is 11.7. The van der Waals surface area contributed by atoms with Crippen LogP contribution in [-0.4, -0.2) is 48.2 Å². The van der Waals surface area contributed by atoms with Crippen molar-refractivity contribution < 1.29 is 68.4 Å². The number of carbonyl (C=O) groups is 2. The van der Waals surface area contributed by atoms with Crippen LogP contribution in [0.4, 0.5) is 0 Å². The van der Waals surface area contributed by atoms with E-state index in [1.807, 2.05) is 0 Å². The summed E-state index contributed by atoms with van der Waals surface area (Å²) < 4.78 is 21.2. The molecule has 14 nitrogen and oxygen atoms in total. The maximum Gasteiger partial charge on any atom is 2.00 e. The number of hydrazone groups is 2. The summed E-state index contributed by atoms with van der Waals surface area (Å²) in [7, 11) is 3.08. The zero-order valence-electron chi connectivity index (χ0n) is 25.0. The number of hydrogen-bond acceptors (Lipinski definition) is 14. The molecule has 0 radical (unpaired) electrons. The number of hydrogen-bond donors (Lipinski definition) is 4. The third kappa shape index (κ3) is 6.60. The van der Waals surface area contributed by atoms with E-state index in [2.05, 4.69) is 21.1 Å². The fourth-order valence-corrected chi connectivity index (χ4v) is 4.52. The van der Waals surface area contributed by atoms with Crippen LogP contribution in [0.25, 0.3) is 0 Å². The number of phenolic OH excluding ortho intramolecular Hbond substituents is 2. The SMILES string of the molecule is COc1ccc(C2=NNC(C(=O)[O-])(c3ccccc3O)O2)cc1.COc1ccc(C2=NNC(C(=O)[O-])(c3ccccc3O)O2)cc1.[Zn+2]. The number of aromatic hydroxyl groups is 2. The first kappa shape index (κ1) is 34.1. The Bertz CT molecular complexity index is 1680. The number of para-hydroxylation sites is 2. The first-order valence-electron chi connectivity index (χ1n) is 13.5. The summed E-state index contributed by atoms with van der Waals surface area (Å²) in [4.78, 5) is 23.3. The van der Waals surface area contributed by atoms with Gasteiger partial charge in [0.2, 0.25) is 11.8 Å². The van der Waals surface area contributed by atoms with Gasteiger partial charge in [0, 0.05) is 11.1 Å². The Balaban J connectivity index is 0.000000208. The number of methoxy groups -OCH3 is 2. The zero-order chi connectivity index (χ0) is 32.9. The molecule has 0 aliphatic carbocycles. The van der Waals surface area contributed by atoms with Crippen molar-refractivity contribution in [1.29, 1.82) is 0 Å². The zero-order valence-corrected chi connectivity index (χ0v) is 28.0. The molecular weight excluding hydrogens is 666 g/mol. The van der Waals surface area contributed by atoms with Crippen LogP contribution in [0.15, 0.2) is 107 Å². The second kappa shape index (κ2) is 14.1. The third-order valence-electron chi connectivity index (χ3n) is 6.94. The fraction of sp³-hybridized carbons (Fsp3) is 0.125. The van der Waals surface area contributed by atoms with E-state index >= 15 is 0 Å². The van der Waals surface area contributed by atoms with Crippen LogP contribution in [-0.2, 0) is 50.0 Å². The second-order valence-corrected chi connectivity index (χ2v) is 9.69. The fourth-order valence-electron chi connectivity index (χ4n) is 4.52. The standard InChI is InChI=1S/2C16H14N2O5.Zn/c2*1-22-11-8-6-10(7-9-11)14-17-18-16(23-14,15(20)21)12-4-2-3-5-13(12)19;/h2*2-9,18-19H,1H3,(H,20,21);/q;;+2/p-2. The van der Waals surface area contributed by atoms with Crippen molar-refractivity contribution in [3.05, 3.63) is 119 Å². The summed E-state index contributed by atoms with van der Waals surface area (Å²) in [5.41, 5.74) is 1.79. The van der Waals surface area contributed by atoms with Crippen molar-refractivity contribution in [3.8, 4) is 23.0 Å². The van der Waals surface area contributed by atoms with Gasteiger partial charge < -0.3 is 49.0 Å². The molecule has 47 heavy (non-hydrogen) atoms. The molecule has 4 aromatic carbocycles. The number of nitrogens with one attached hydrogen (secondary N) is 2. The molecule has 2 aliphatic heterocycles. The van der Waals surface area contributed by atoms with Crippen molar-refractivity contribution in [2.45, 2.75) is 11.4 Å². The smallest absolute Gasteiger partial charge is 0.544 e. The van der Waals surface area contributed by atoms with E-state index in [-0.39, 0.29) is 53.9 Å². The largest absolute Gasteiger partial charge is 2.00 e. The molecule has 236 valence electrons. The van der Waals surface area contributed by atoms with E-state index in [1.54, 1.807) is 87.0 Å². The molecule has 2 aliphatic rings. The van der Waals surface area contributed by atoms with E-state index < -0.39 is 23.4 Å². The second-order valence-electron chi connectivity index (χ2n) is 9.69. The van der Waals surface area contributed by atoms with Crippen LogP contribution in [0.1, 0.15) is 22.3 Å². The number of ether oxygens (including phenoxy) is 4. The summed E-state index contributed by atoms with van der Waals surface area (Å²) in [5.74, 6) is -2.18. The van der Waals surface area contributed by atoms with Gasteiger partial charge in [-0.05, 0) is 72.8 Å². The van der Waals surface area contributed by atoms with Gasteiger partial charge in [-0.3, -0.25) is 10.9 Å². The number of carboxylic acid groups (broad SMARTS) is 2. The molecule has 0 fully saturated rings. The Morgan fingerprint density at radius 1 is 0.638 bits per heavy atom. The molecular formula is C32H26N4O10Zn. The normalized spacial score (nSPS) is 19.0. The van der Waals surface area contributed by atoms with Crippen LogP contribution in [0.3, 0.4) is 0 Å². The molecule has 0 spiro atoms. The topological polar surface area (TPSA) is 206 Å². The maximum absolute atomic E-state index is 11.7. The number of nitrogens with zero attached hydrogens (tertiary/aromatic N) is 2. The Kier molecular flexibility index (Phi) is 10.2. The van der Waals surface area contributed by atoms with Gasteiger partial charge in [-0.15, -0.1) is 10.2 Å². The Morgan fingerprint density at radius 3 is 1.28 bits per heavy atom. The molecule has 0 amide bonds. The average Bonchev–Trinajstić information content (AvgIpc) is 3.73. The van der Waals surface area contributed by atoms with Crippen LogP contribution >= 0.6 is 0 Å². The Morgan fingerprint density at radius 2 is 0.979 bits per heavy atom. The van der Waals surface area contributed by atoms with Crippen molar-refractivity contribution in [2.75, 3.05) is 14.2 Å². The summed E-state index contributed by atoms with van der Waals surface area (Å²) in [6.45, 7) is 0. The van der Waals surface area contributed by atoms with Crippen molar-refractivity contribution >= 4 is 23.7 Å². The first-order chi connectivity index (χ1) is 22.1. The third-order valence-corrected chi connectivity index (χ3v) is 6.94. The van der Waals surface area contributed by atoms with Crippen LogP contribution in [0.5, 0.6) is 23.0 Å². The van der Waals surface area contributed by atoms with Crippen LogP contribution in [0.2, 0.25) is 0 Å². The minimum atomic E-state index is -2.08. The van der Waals surface area contributed by atoms with Gasteiger partial charge in [0.25, 0.3) is 11.4 Å². The molecule has 15 heteroatoms. The van der Waals surface area contributed by atoms with Crippen molar-refractivity contribution in [1.82, 2.24) is 10.9 Å². The molecule has 2 atom stereocenters. The van der Waals surface area contributed by atoms with Gasteiger partial charge in [-0.25, -0.2) is 0 Å². The summed E-state index contributed by atoms with van der Waals surface area (Å²) in [6, 6.07) is 25.3. The number of aliphatic carboxylic acids is 2. The van der Waals surface area contributed by atoms with Gasteiger partial charge in [0.05, 0.1) is 25.3 Å². The number of benzene rings is 4. The van der Waals surface area contributed by atoms with E-state index in [1.165, 1.54) is 24.3 Å². The van der Waals surface area contributed by atoms with Crippen LogP contribution < -0.4 is 30.5 Å². The number of phenols is 2. The van der Waals surface area contributed by atoms with Gasteiger partial charge >= 0.3 is 19.5 Å². The number of carbonyl (C=O) groups excluding carboxylic acids is 2. The van der Waals surface area contributed by atoms with Crippen molar-refractivity contribution in [3.63, 3.8) is 0 Å². The summed E-state index contributed by atoms with van der Waals surface area (Å²) >= 11 is 0. The molecule has 0 saturated heterocycles. The van der Waals surface area contributed by atoms with E-state index in [0.717, 1.165) is 0 Å². The van der Waals surface area contributed by atoms with Gasteiger partial charge in [-0.2, -0.15) is 0 Å². The molecule has 0 aromatic heterocycles. The predicted molar refractivity (Wildman–Crippen MR) is 157 cm³/mol. The molecule has 2 heterocycles. The monoisotopic (exact) mass is 690 g/mol. The van der Waals surface area contributed by atoms with Crippen LogP contribution in [0, 0.1) is 0 Å². The molecule has 0 bridgehead atoms. The quantitative estimate of drug-likeness (QED) is 0.187. The Hall–Kier alpha value is -5.82. The number of carboxylic acids is 2. The van der Waals surface area contributed by atoms with E-state index in [4.69, 9.17) is 18.9 Å². The Labute approximate surface area is 280 Å². The molecule has 6 rings (SSSR count). The van der Waals surface area contributed by atoms with Gasteiger partial charge in [0.1, 0.15) is 34.9 Å². The van der Waals surface area contributed by atoms with E-state index in [9.17, 15) is 30.0 Å². The molecule has 2 unspecified atom stereocenters. The molecule has 4 N–H and O–H groups in total. The average molecular weight is 692 g/mol. The van der Waals surface area contributed by atoms with E-state index in [0.29, 0.717) is 22.6 Å². The summed E-state index contributed by atoms with van der Waals surface area (Å²) in [6.07, 6.45) is 0. The van der Waals surface area contributed by atoms with Gasteiger partial charge in [-0.1, -0.05) is 24.3 Å². The minimum absolute atomic E-state index is 0. The minimum Gasteiger partial charge on any atom is -0.544 e. The first-order valence-corrected chi connectivity index (χ1v) is 13.5. The predicted octanol–water partition coefficient (Wildman–Crippen LogP) is 0.568. The van der Waals surface area contributed by atoms with Gasteiger partial charge in [0.15, 0.2) is 0 Å².